The summed E-state index contributed by atoms with van der Waals surface area (Å²) in [5.41, 5.74) is 1.04. The maximum Gasteiger partial charge on any atom is 0.245 e. The Morgan fingerprint density at radius 2 is 1.86 bits per heavy atom. The molecule has 1 heterocycles. The largest absolute Gasteiger partial charge is 0.497 e. The molecule has 2 N–H and O–H groups in total. The van der Waals surface area contributed by atoms with Crippen LogP contribution in [0.5, 0.6) is 5.75 Å². The maximum absolute atomic E-state index is 5.13. The molecule has 1 aromatic carbocycles. The van der Waals surface area contributed by atoms with Gasteiger partial charge in [-0.2, -0.15) is 10.1 Å². The molecule has 6 heteroatoms. The Labute approximate surface area is 125 Å². The lowest BCUT2D eigenvalue weighted by molar-refractivity contribution is 0.414. The number of hydrogen-bond acceptors (Lipinski definition) is 6. The molecule has 0 fully saturated rings. The summed E-state index contributed by atoms with van der Waals surface area (Å²) in [6.45, 7) is 6.81. The number of benzene rings is 1. The third-order valence-electron chi connectivity index (χ3n) is 2.68. The molecule has 0 radical (unpaired) electrons. The summed E-state index contributed by atoms with van der Waals surface area (Å²) in [5, 5.41) is 14.3. The molecule has 2 aromatic rings. The van der Waals surface area contributed by atoms with Crippen LogP contribution >= 0.6 is 0 Å². The van der Waals surface area contributed by atoms with Gasteiger partial charge in [-0.1, -0.05) is 12.1 Å². The number of methoxy groups -OCH3 is 1. The Kier molecular flexibility index (Phi) is 4.57. The maximum atomic E-state index is 5.13. The molecular formula is C15H21N5O. The van der Waals surface area contributed by atoms with E-state index < -0.39 is 0 Å². The molecule has 0 amide bonds. The van der Waals surface area contributed by atoms with Crippen molar-refractivity contribution in [3.05, 3.63) is 36.0 Å². The zero-order valence-corrected chi connectivity index (χ0v) is 12.8. The Balaban J connectivity index is 1.97. The highest BCUT2D eigenvalue weighted by molar-refractivity contribution is 5.39. The minimum atomic E-state index is -0.101. The van der Waals surface area contributed by atoms with Gasteiger partial charge in [0.1, 0.15) is 5.75 Å². The van der Waals surface area contributed by atoms with Crippen LogP contribution in [0, 0.1) is 0 Å². The molecular weight excluding hydrogens is 266 g/mol. The molecule has 21 heavy (non-hydrogen) atoms. The van der Waals surface area contributed by atoms with Crippen molar-refractivity contribution >= 4 is 11.8 Å². The summed E-state index contributed by atoms with van der Waals surface area (Å²) in [4.78, 5) is 4.39. The average molecular weight is 287 g/mol. The van der Waals surface area contributed by atoms with Gasteiger partial charge in [0.05, 0.1) is 13.3 Å². The molecule has 0 bridgehead atoms. The van der Waals surface area contributed by atoms with E-state index >= 15 is 0 Å². The van der Waals surface area contributed by atoms with Crippen molar-refractivity contribution in [1.29, 1.82) is 0 Å². The number of aromatic nitrogens is 3. The molecule has 1 aromatic heterocycles. The van der Waals surface area contributed by atoms with Gasteiger partial charge in [-0.3, -0.25) is 0 Å². The van der Waals surface area contributed by atoms with E-state index in [1.807, 2.05) is 45.0 Å². The van der Waals surface area contributed by atoms with Gasteiger partial charge in [0.25, 0.3) is 0 Å². The van der Waals surface area contributed by atoms with Gasteiger partial charge in [0.2, 0.25) is 5.95 Å². The van der Waals surface area contributed by atoms with Crippen LogP contribution in [-0.4, -0.2) is 27.8 Å². The summed E-state index contributed by atoms with van der Waals surface area (Å²) >= 11 is 0. The van der Waals surface area contributed by atoms with Crippen molar-refractivity contribution in [2.24, 2.45) is 0 Å². The number of rotatable bonds is 5. The summed E-state index contributed by atoms with van der Waals surface area (Å²) in [5.74, 6) is 2.05. The zero-order chi connectivity index (χ0) is 15.3. The smallest absolute Gasteiger partial charge is 0.245 e. The minimum Gasteiger partial charge on any atom is -0.497 e. The van der Waals surface area contributed by atoms with E-state index in [2.05, 4.69) is 25.8 Å². The number of nitrogens with zero attached hydrogens (tertiary/aromatic N) is 3. The van der Waals surface area contributed by atoms with Gasteiger partial charge >= 0.3 is 0 Å². The molecule has 0 aliphatic heterocycles. The number of ether oxygens (including phenoxy) is 1. The quantitative estimate of drug-likeness (QED) is 0.881. The van der Waals surface area contributed by atoms with E-state index in [0.29, 0.717) is 18.3 Å². The molecule has 0 saturated heterocycles. The first kappa shape index (κ1) is 15.0. The van der Waals surface area contributed by atoms with E-state index in [4.69, 9.17) is 4.74 Å². The molecule has 112 valence electrons. The highest BCUT2D eigenvalue weighted by Gasteiger charge is 2.11. The lowest BCUT2D eigenvalue weighted by Gasteiger charge is -2.20. The van der Waals surface area contributed by atoms with Crippen LogP contribution in [0.25, 0.3) is 0 Å². The number of nitrogens with one attached hydrogen (secondary N) is 2. The van der Waals surface area contributed by atoms with Crippen molar-refractivity contribution in [2.75, 3.05) is 17.7 Å². The van der Waals surface area contributed by atoms with Crippen molar-refractivity contribution in [3.63, 3.8) is 0 Å². The fraction of sp³-hybridized carbons (Fsp3) is 0.400. The predicted octanol–water partition coefficient (Wildman–Crippen LogP) is 2.70. The van der Waals surface area contributed by atoms with Crippen molar-refractivity contribution in [3.8, 4) is 5.75 Å². The summed E-state index contributed by atoms with van der Waals surface area (Å²) in [7, 11) is 1.66. The summed E-state index contributed by atoms with van der Waals surface area (Å²) < 4.78 is 5.13. The summed E-state index contributed by atoms with van der Waals surface area (Å²) in [6.07, 6.45) is 1.61. The second-order valence-corrected chi connectivity index (χ2v) is 5.74. The van der Waals surface area contributed by atoms with E-state index in [1.165, 1.54) is 0 Å². The topological polar surface area (TPSA) is 72.0 Å². The Hall–Kier alpha value is -2.37. The van der Waals surface area contributed by atoms with E-state index in [-0.39, 0.29) is 5.54 Å². The normalized spacial score (nSPS) is 11.0. The van der Waals surface area contributed by atoms with Gasteiger partial charge < -0.3 is 15.4 Å². The second-order valence-electron chi connectivity index (χ2n) is 5.74. The zero-order valence-electron chi connectivity index (χ0n) is 12.8. The van der Waals surface area contributed by atoms with Crippen LogP contribution in [0.4, 0.5) is 11.8 Å². The minimum absolute atomic E-state index is 0.101. The van der Waals surface area contributed by atoms with Crippen LogP contribution in [0.1, 0.15) is 26.3 Å². The van der Waals surface area contributed by atoms with Crippen LogP contribution < -0.4 is 15.4 Å². The molecule has 0 aliphatic rings. The first-order valence-electron chi connectivity index (χ1n) is 6.81. The van der Waals surface area contributed by atoms with Crippen molar-refractivity contribution < 1.29 is 4.74 Å². The van der Waals surface area contributed by atoms with E-state index in [1.54, 1.807) is 13.3 Å². The lowest BCUT2D eigenvalue weighted by Crippen LogP contribution is -2.27. The molecule has 0 spiro atoms. The van der Waals surface area contributed by atoms with Gasteiger partial charge in [-0.05, 0) is 38.5 Å². The monoisotopic (exact) mass is 287 g/mol. The molecule has 2 rings (SSSR count). The van der Waals surface area contributed by atoms with Crippen LogP contribution in [0.15, 0.2) is 30.5 Å². The standard InChI is InChI=1S/C15H21N5O/c1-15(2,3)19-14-18-13(10-17-20-14)16-9-11-5-7-12(21-4)8-6-11/h5-8,10H,9H2,1-4H3,(H2,16,18,19,20). The summed E-state index contributed by atoms with van der Waals surface area (Å²) in [6, 6.07) is 7.88. The third kappa shape index (κ3) is 4.91. The Bertz CT molecular complexity index is 577. The Morgan fingerprint density at radius 3 is 2.48 bits per heavy atom. The molecule has 0 atom stereocenters. The molecule has 0 unspecified atom stereocenters. The van der Waals surface area contributed by atoms with Crippen LogP contribution in [0.3, 0.4) is 0 Å². The molecule has 6 nitrogen and oxygen atoms in total. The van der Waals surface area contributed by atoms with Gasteiger partial charge in [0.15, 0.2) is 5.82 Å². The van der Waals surface area contributed by atoms with Crippen molar-refractivity contribution in [2.45, 2.75) is 32.9 Å². The third-order valence-corrected chi connectivity index (χ3v) is 2.68. The number of hydrogen-bond donors (Lipinski definition) is 2. The van der Waals surface area contributed by atoms with Gasteiger partial charge in [-0.25, -0.2) is 0 Å². The molecule has 0 aliphatic carbocycles. The van der Waals surface area contributed by atoms with E-state index in [9.17, 15) is 0 Å². The Morgan fingerprint density at radius 1 is 1.14 bits per heavy atom. The highest BCUT2D eigenvalue weighted by Crippen LogP contribution is 2.14. The highest BCUT2D eigenvalue weighted by atomic mass is 16.5. The van der Waals surface area contributed by atoms with E-state index in [0.717, 1.165) is 11.3 Å². The SMILES string of the molecule is COc1ccc(CNc2cnnc(NC(C)(C)C)n2)cc1. The first-order chi connectivity index (χ1) is 9.96. The predicted molar refractivity (Wildman–Crippen MR) is 83.5 cm³/mol. The van der Waals surface area contributed by atoms with Crippen molar-refractivity contribution in [1.82, 2.24) is 15.2 Å². The molecule has 0 saturated carbocycles. The first-order valence-corrected chi connectivity index (χ1v) is 6.81. The van der Waals surface area contributed by atoms with Gasteiger partial charge in [0, 0.05) is 12.1 Å². The van der Waals surface area contributed by atoms with Crippen LogP contribution in [-0.2, 0) is 6.54 Å². The fourth-order valence-electron chi connectivity index (χ4n) is 1.71. The number of anilines is 2. The van der Waals surface area contributed by atoms with Crippen LogP contribution in [0.2, 0.25) is 0 Å². The lowest BCUT2D eigenvalue weighted by atomic mass is 10.1. The average Bonchev–Trinajstić information content (AvgIpc) is 2.44. The second kappa shape index (κ2) is 6.39. The fourth-order valence-corrected chi connectivity index (χ4v) is 1.71. The van der Waals surface area contributed by atoms with Gasteiger partial charge in [-0.15, -0.1) is 5.10 Å².